The number of hydrogen-bond donors (Lipinski definition) is 3. The Morgan fingerprint density at radius 2 is 1.62 bits per heavy atom. The fraction of sp³-hybridized carbons (Fsp3) is 0.160. The van der Waals surface area contributed by atoms with E-state index in [-0.39, 0.29) is 11.5 Å². The average Bonchev–Trinajstić information content (AvgIpc) is 3.29. The van der Waals surface area contributed by atoms with Gasteiger partial charge in [-0.2, -0.15) is 5.10 Å². The van der Waals surface area contributed by atoms with Gasteiger partial charge in [-0.1, -0.05) is 54.6 Å². The molecule has 32 heavy (non-hydrogen) atoms. The number of nitrogens with two attached hydrogens (primary N) is 1. The molecule has 0 aliphatic heterocycles. The maximum Gasteiger partial charge on any atom is 0.255 e. The minimum atomic E-state index is -0.170. The molecule has 0 unspecified atom stereocenters. The van der Waals surface area contributed by atoms with Crippen molar-refractivity contribution in [2.45, 2.75) is 26.1 Å². The minimum Gasteiger partial charge on any atom is -0.348 e. The number of rotatable bonds is 8. The van der Waals surface area contributed by atoms with Gasteiger partial charge in [0.25, 0.3) is 11.5 Å². The van der Waals surface area contributed by atoms with Crippen molar-refractivity contribution in [1.82, 2.24) is 20.1 Å². The van der Waals surface area contributed by atoms with Crippen molar-refractivity contribution in [1.29, 1.82) is 0 Å². The van der Waals surface area contributed by atoms with Gasteiger partial charge in [0.15, 0.2) is 0 Å². The third kappa shape index (κ3) is 5.19. The lowest BCUT2D eigenvalue weighted by Crippen LogP contribution is -2.23. The van der Waals surface area contributed by atoms with Gasteiger partial charge in [0, 0.05) is 31.8 Å². The van der Waals surface area contributed by atoms with Gasteiger partial charge in [-0.15, -0.1) is 0 Å². The van der Waals surface area contributed by atoms with E-state index in [2.05, 4.69) is 15.5 Å². The van der Waals surface area contributed by atoms with Crippen LogP contribution in [-0.2, 0) is 26.1 Å². The number of nitrogens with zero attached hydrogens (tertiary/aromatic N) is 2. The van der Waals surface area contributed by atoms with Gasteiger partial charge in [0.05, 0.1) is 24.0 Å². The third-order valence-electron chi connectivity index (χ3n) is 5.33. The van der Waals surface area contributed by atoms with Gasteiger partial charge in [0.1, 0.15) is 0 Å². The fourth-order valence-electron chi connectivity index (χ4n) is 3.47. The summed E-state index contributed by atoms with van der Waals surface area (Å²) >= 11 is 0. The zero-order valence-corrected chi connectivity index (χ0v) is 17.6. The molecular formula is C25H25N5O2. The minimum absolute atomic E-state index is 0.0278. The highest BCUT2D eigenvalue weighted by molar-refractivity contribution is 5.95. The second kappa shape index (κ2) is 9.89. The van der Waals surface area contributed by atoms with Gasteiger partial charge in [-0.3, -0.25) is 14.7 Å². The van der Waals surface area contributed by atoms with Crippen LogP contribution in [0.5, 0.6) is 0 Å². The Morgan fingerprint density at radius 1 is 0.938 bits per heavy atom. The molecule has 2 aromatic heterocycles. The molecule has 0 aliphatic rings. The maximum absolute atomic E-state index is 12.7. The standard InChI is InChI=1S/C25H25N5O2/c26-14-19-6-8-20(9-7-19)15-27-25(32)22-16-28-29-23(22)13-18-4-10-21(11-5-18)17-30-12-2-1-3-24(30)31/h1-12,16H,13-15,17,26H2,(H,27,32)(H,28,29). The largest absolute Gasteiger partial charge is 0.348 e. The number of aromatic amines is 1. The summed E-state index contributed by atoms with van der Waals surface area (Å²) in [5, 5.41) is 9.95. The predicted octanol–water partition coefficient (Wildman–Crippen LogP) is 2.60. The lowest BCUT2D eigenvalue weighted by Gasteiger charge is -2.08. The van der Waals surface area contributed by atoms with E-state index in [1.807, 2.05) is 54.6 Å². The zero-order valence-electron chi connectivity index (χ0n) is 17.6. The van der Waals surface area contributed by atoms with Gasteiger partial charge in [-0.25, -0.2) is 0 Å². The van der Waals surface area contributed by atoms with Crippen molar-refractivity contribution in [2.75, 3.05) is 0 Å². The lowest BCUT2D eigenvalue weighted by molar-refractivity contribution is 0.0950. The molecule has 7 heteroatoms. The lowest BCUT2D eigenvalue weighted by atomic mass is 10.0. The Labute approximate surface area is 185 Å². The van der Waals surface area contributed by atoms with E-state index in [0.717, 1.165) is 27.9 Å². The Bertz CT molecular complexity index is 1240. The number of benzene rings is 2. The summed E-state index contributed by atoms with van der Waals surface area (Å²) in [6.07, 6.45) is 3.89. The van der Waals surface area contributed by atoms with Crippen molar-refractivity contribution in [3.63, 3.8) is 0 Å². The quantitative estimate of drug-likeness (QED) is 0.402. The number of H-pyrrole nitrogens is 1. The molecule has 162 valence electrons. The van der Waals surface area contributed by atoms with E-state index >= 15 is 0 Å². The third-order valence-corrected chi connectivity index (χ3v) is 5.33. The molecule has 2 aromatic carbocycles. The number of nitrogens with one attached hydrogen (secondary N) is 2. The van der Waals surface area contributed by atoms with Crippen LogP contribution < -0.4 is 16.6 Å². The molecule has 2 heterocycles. The van der Waals surface area contributed by atoms with Crippen LogP contribution in [0.15, 0.2) is 83.9 Å². The smallest absolute Gasteiger partial charge is 0.255 e. The highest BCUT2D eigenvalue weighted by Gasteiger charge is 2.14. The topological polar surface area (TPSA) is 106 Å². The summed E-state index contributed by atoms with van der Waals surface area (Å²) in [7, 11) is 0. The number of pyridine rings is 1. The summed E-state index contributed by atoms with van der Waals surface area (Å²) in [5.41, 5.74) is 11.0. The highest BCUT2D eigenvalue weighted by Crippen LogP contribution is 2.14. The number of hydrogen-bond acceptors (Lipinski definition) is 4. The van der Waals surface area contributed by atoms with Crippen LogP contribution in [0, 0.1) is 0 Å². The fourth-order valence-corrected chi connectivity index (χ4v) is 3.47. The van der Waals surface area contributed by atoms with E-state index in [1.165, 1.54) is 0 Å². The molecule has 0 bridgehead atoms. The van der Waals surface area contributed by atoms with Crippen LogP contribution in [-0.4, -0.2) is 20.7 Å². The van der Waals surface area contributed by atoms with E-state index < -0.39 is 0 Å². The van der Waals surface area contributed by atoms with Crippen LogP contribution in [0.25, 0.3) is 0 Å². The first-order valence-electron chi connectivity index (χ1n) is 10.4. The molecule has 4 rings (SSSR count). The second-order valence-electron chi connectivity index (χ2n) is 7.63. The number of aromatic nitrogens is 3. The molecule has 0 aliphatic carbocycles. The molecule has 0 radical (unpaired) electrons. The van der Waals surface area contributed by atoms with Crippen molar-refractivity contribution in [3.8, 4) is 0 Å². The first kappa shape index (κ1) is 21.3. The van der Waals surface area contributed by atoms with Crippen LogP contribution in [0.4, 0.5) is 0 Å². The summed E-state index contributed by atoms with van der Waals surface area (Å²) < 4.78 is 1.66. The van der Waals surface area contributed by atoms with Gasteiger partial charge >= 0.3 is 0 Å². The Morgan fingerprint density at radius 3 is 2.34 bits per heavy atom. The van der Waals surface area contributed by atoms with E-state index in [9.17, 15) is 9.59 Å². The summed E-state index contributed by atoms with van der Waals surface area (Å²) in [6, 6.07) is 21.0. The van der Waals surface area contributed by atoms with Gasteiger partial charge < -0.3 is 15.6 Å². The number of carbonyl (C=O) groups excluding carboxylic acids is 1. The van der Waals surface area contributed by atoms with Crippen molar-refractivity contribution in [3.05, 3.63) is 123 Å². The van der Waals surface area contributed by atoms with Gasteiger partial charge in [-0.05, 0) is 28.3 Å². The van der Waals surface area contributed by atoms with E-state index in [4.69, 9.17) is 5.73 Å². The van der Waals surface area contributed by atoms with E-state index in [0.29, 0.717) is 31.6 Å². The molecule has 0 fully saturated rings. The normalized spacial score (nSPS) is 10.8. The molecule has 0 saturated heterocycles. The van der Waals surface area contributed by atoms with Crippen LogP contribution >= 0.6 is 0 Å². The predicted molar refractivity (Wildman–Crippen MR) is 123 cm³/mol. The monoisotopic (exact) mass is 427 g/mol. The first-order valence-corrected chi connectivity index (χ1v) is 10.4. The number of amides is 1. The first-order chi connectivity index (χ1) is 15.6. The van der Waals surface area contributed by atoms with Crippen molar-refractivity contribution >= 4 is 5.91 Å². The average molecular weight is 428 g/mol. The highest BCUT2D eigenvalue weighted by atomic mass is 16.1. The molecule has 0 saturated carbocycles. The van der Waals surface area contributed by atoms with Crippen LogP contribution in [0.2, 0.25) is 0 Å². The molecule has 4 aromatic rings. The second-order valence-corrected chi connectivity index (χ2v) is 7.63. The van der Waals surface area contributed by atoms with Crippen LogP contribution in [0.1, 0.15) is 38.3 Å². The maximum atomic E-state index is 12.7. The van der Waals surface area contributed by atoms with Crippen LogP contribution in [0.3, 0.4) is 0 Å². The zero-order chi connectivity index (χ0) is 22.3. The molecule has 1 amide bonds. The Balaban J connectivity index is 1.38. The van der Waals surface area contributed by atoms with Crippen molar-refractivity contribution < 1.29 is 4.79 Å². The summed E-state index contributed by atoms with van der Waals surface area (Å²) in [4.78, 5) is 24.6. The number of carbonyl (C=O) groups is 1. The molecule has 0 spiro atoms. The van der Waals surface area contributed by atoms with E-state index in [1.54, 1.807) is 29.1 Å². The van der Waals surface area contributed by atoms with Crippen molar-refractivity contribution in [2.24, 2.45) is 5.73 Å². The molecular weight excluding hydrogens is 402 g/mol. The van der Waals surface area contributed by atoms with Gasteiger partial charge in [0.2, 0.25) is 0 Å². The Kier molecular flexibility index (Phi) is 6.57. The Hall–Kier alpha value is -3.97. The molecule has 7 nitrogen and oxygen atoms in total. The SMILES string of the molecule is NCc1ccc(CNC(=O)c2cn[nH]c2Cc2ccc(Cn3ccccc3=O)cc2)cc1. The molecule has 4 N–H and O–H groups in total. The summed E-state index contributed by atoms with van der Waals surface area (Å²) in [6.45, 7) is 1.45. The molecule has 0 atom stereocenters. The summed E-state index contributed by atoms with van der Waals surface area (Å²) in [5.74, 6) is -0.170.